The summed E-state index contributed by atoms with van der Waals surface area (Å²) in [6.45, 7) is 3.92. The Morgan fingerprint density at radius 3 is 2.88 bits per heavy atom. The normalized spacial score (nSPS) is 9.94. The zero-order chi connectivity index (χ0) is 12.1. The summed E-state index contributed by atoms with van der Waals surface area (Å²) in [7, 11) is 0. The molecular formula is C11H12ClN3O. The van der Waals surface area contributed by atoms with Crippen LogP contribution in [0.2, 0.25) is 5.15 Å². The number of nitrogens with zero attached hydrogens (tertiary/aromatic N) is 2. The minimum absolute atomic E-state index is 0.0181. The Hall–Kier alpha value is -1.60. The standard InChI is InChI=1S/C11H12ClN3O/c1-7(2)9-5-8(6-10(12)15-9)11(16)14-4-3-13/h5-7H,4H2,1-2H3,(H,14,16). The third-order valence-electron chi connectivity index (χ3n) is 2.00. The van der Waals surface area contributed by atoms with E-state index in [2.05, 4.69) is 10.3 Å². The summed E-state index contributed by atoms with van der Waals surface area (Å²) in [5.41, 5.74) is 1.19. The Labute approximate surface area is 99.2 Å². The molecule has 1 amide bonds. The molecule has 0 fully saturated rings. The number of amides is 1. The first kappa shape index (κ1) is 12.5. The van der Waals surface area contributed by atoms with E-state index >= 15 is 0 Å². The number of halogens is 1. The molecule has 0 aliphatic carbocycles. The van der Waals surface area contributed by atoms with Crippen molar-refractivity contribution in [1.82, 2.24) is 10.3 Å². The molecule has 84 valence electrons. The van der Waals surface area contributed by atoms with Gasteiger partial charge in [-0.2, -0.15) is 5.26 Å². The van der Waals surface area contributed by atoms with Crippen LogP contribution in [-0.4, -0.2) is 17.4 Å². The largest absolute Gasteiger partial charge is 0.339 e. The van der Waals surface area contributed by atoms with Gasteiger partial charge in [-0.1, -0.05) is 25.4 Å². The van der Waals surface area contributed by atoms with Gasteiger partial charge < -0.3 is 5.32 Å². The molecule has 1 rings (SSSR count). The Morgan fingerprint density at radius 1 is 1.62 bits per heavy atom. The summed E-state index contributed by atoms with van der Waals surface area (Å²) >= 11 is 5.82. The fraction of sp³-hybridized carbons (Fsp3) is 0.364. The van der Waals surface area contributed by atoms with E-state index in [1.54, 1.807) is 6.07 Å². The van der Waals surface area contributed by atoms with Crippen LogP contribution in [0.25, 0.3) is 0 Å². The van der Waals surface area contributed by atoms with Crippen molar-refractivity contribution in [2.45, 2.75) is 19.8 Å². The van der Waals surface area contributed by atoms with Gasteiger partial charge in [-0.25, -0.2) is 4.98 Å². The molecule has 0 aliphatic rings. The van der Waals surface area contributed by atoms with Crippen LogP contribution in [0.3, 0.4) is 0 Å². The number of pyridine rings is 1. The highest BCUT2D eigenvalue weighted by atomic mass is 35.5. The number of aromatic nitrogens is 1. The van der Waals surface area contributed by atoms with E-state index in [1.807, 2.05) is 19.9 Å². The van der Waals surface area contributed by atoms with E-state index in [4.69, 9.17) is 16.9 Å². The molecule has 0 radical (unpaired) electrons. The molecule has 5 heteroatoms. The summed E-state index contributed by atoms with van der Waals surface area (Å²) in [6, 6.07) is 5.01. The van der Waals surface area contributed by atoms with Crippen molar-refractivity contribution in [1.29, 1.82) is 5.26 Å². The molecule has 0 unspecified atom stereocenters. The lowest BCUT2D eigenvalue weighted by Crippen LogP contribution is -2.23. The van der Waals surface area contributed by atoms with Crippen LogP contribution in [-0.2, 0) is 0 Å². The molecule has 0 saturated heterocycles. The number of hydrogen-bond donors (Lipinski definition) is 1. The predicted octanol–water partition coefficient (Wildman–Crippen LogP) is 2.11. The molecular weight excluding hydrogens is 226 g/mol. The van der Waals surface area contributed by atoms with E-state index in [0.29, 0.717) is 5.56 Å². The molecule has 0 saturated carbocycles. The van der Waals surface area contributed by atoms with Gasteiger partial charge in [0.05, 0.1) is 6.07 Å². The van der Waals surface area contributed by atoms with Gasteiger partial charge in [0, 0.05) is 11.3 Å². The molecule has 0 aromatic carbocycles. The minimum Gasteiger partial charge on any atom is -0.339 e. The number of carbonyl (C=O) groups excluding carboxylic acids is 1. The minimum atomic E-state index is -0.312. The number of carbonyl (C=O) groups is 1. The average Bonchev–Trinajstić information content (AvgIpc) is 2.24. The lowest BCUT2D eigenvalue weighted by Gasteiger charge is -2.07. The first-order valence-electron chi connectivity index (χ1n) is 4.87. The van der Waals surface area contributed by atoms with Crippen LogP contribution < -0.4 is 5.32 Å². The van der Waals surface area contributed by atoms with Gasteiger partial charge in [0.1, 0.15) is 11.7 Å². The second-order valence-corrected chi connectivity index (χ2v) is 3.99. The summed E-state index contributed by atoms with van der Waals surface area (Å²) in [5.74, 6) is -0.117. The fourth-order valence-corrected chi connectivity index (χ4v) is 1.38. The molecule has 0 bridgehead atoms. The molecule has 1 aromatic heterocycles. The second-order valence-electron chi connectivity index (χ2n) is 3.60. The van der Waals surface area contributed by atoms with Gasteiger partial charge in [-0.15, -0.1) is 0 Å². The molecule has 1 aromatic rings. The molecule has 1 heterocycles. The predicted molar refractivity (Wildman–Crippen MR) is 61.3 cm³/mol. The van der Waals surface area contributed by atoms with Gasteiger partial charge in [0.15, 0.2) is 0 Å². The molecule has 0 aliphatic heterocycles. The van der Waals surface area contributed by atoms with E-state index in [1.165, 1.54) is 6.07 Å². The van der Waals surface area contributed by atoms with Crippen molar-refractivity contribution in [2.24, 2.45) is 0 Å². The van der Waals surface area contributed by atoms with Crippen molar-refractivity contribution in [2.75, 3.05) is 6.54 Å². The third-order valence-corrected chi connectivity index (χ3v) is 2.19. The zero-order valence-corrected chi connectivity index (χ0v) is 9.88. The molecule has 4 nitrogen and oxygen atoms in total. The summed E-state index contributed by atoms with van der Waals surface area (Å²) in [6.07, 6.45) is 0. The maximum atomic E-state index is 11.6. The van der Waals surface area contributed by atoms with Crippen molar-refractivity contribution in [3.05, 3.63) is 28.5 Å². The molecule has 0 spiro atoms. The third kappa shape index (κ3) is 3.21. The van der Waals surface area contributed by atoms with Crippen molar-refractivity contribution >= 4 is 17.5 Å². The van der Waals surface area contributed by atoms with Crippen LogP contribution >= 0.6 is 11.6 Å². The number of nitrogens with one attached hydrogen (secondary N) is 1. The first-order chi connectivity index (χ1) is 7.54. The summed E-state index contributed by atoms with van der Waals surface area (Å²) in [4.78, 5) is 15.7. The lowest BCUT2D eigenvalue weighted by molar-refractivity contribution is 0.0958. The number of nitriles is 1. The van der Waals surface area contributed by atoms with E-state index in [0.717, 1.165) is 5.69 Å². The van der Waals surface area contributed by atoms with E-state index < -0.39 is 0 Å². The van der Waals surface area contributed by atoms with Gasteiger partial charge in [0.25, 0.3) is 5.91 Å². The smallest absolute Gasteiger partial charge is 0.252 e. The van der Waals surface area contributed by atoms with Gasteiger partial charge in [-0.3, -0.25) is 4.79 Å². The number of rotatable bonds is 3. The van der Waals surface area contributed by atoms with Crippen LogP contribution in [0.5, 0.6) is 0 Å². The SMILES string of the molecule is CC(C)c1cc(C(=O)NCC#N)cc(Cl)n1. The maximum Gasteiger partial charge on any atom is 0.252 e. The van der Waals surface area contributed by atoms with Crippen molar-refractivity contribution in [3.8, 4) is 6.07 Å². The van der Waals surface area contributed by atoms with Crippen LogP contribution in [0.1, 0.15) is 35.8 Å². The van der Waals surface area contributed by atoms with Crippen LogP contribution in [0, 0.1) is 11.3 Å². The molecule has 0 atom stereocenters. The Kier molecular flexibility index (Phi) is 4.27. The molecule has 1 N–H and O–H groups in total. The summed E-state index contributed by atoms with van der Waals surface area (Å²) in [5, 5.41) is 11.1. The lowest BCUT2D eigenvalue weighted by atomic mass is 10.1. The monoisotopic (exact) mass is 237 g/mol. The second kappa shape index (κ2) is 5.47. The highest BCUT2D eigenvalue weighted by molar-refractivity contribution is 6.29. The topological polar surface area (TPSA) is 65.8 Å². The summed E-state index contributed by atoms with van der Waals surface area (Å²) < 4.78 is 0. The quantitative estimate of drug-likeness (QED) is 0.647. The Morgan fingerprint density at radius 2 is 2.31 bits per heavy atom. The molecule has 16 heavy (non-hydrogen) atoms. The van der Waals surface area contributed by atoms with Crippen LogP contribution in [0.4, 0.5) is 0 Å². The maximum absolute atomic E-state index is 11.6. The van der Waals surface area contributed by atoms with Crippen LogP contribution in [0.15, 0.2) is 12.1 Å². The highest BCUT2D eigenvalue weighted by Crippen LogP contribution is 2.17. The fourth-order valence-electron chi connectivity index (χ4n) is 1.17. The Balaban J connectivity index is 2.96. The van der Waals surface area contributed by atoms with E-state index in [9.17, 15) is 4.79 Å². The first-order valence-corrected chi connectivity index (χ1v) is 5.25. The number of hydrogen-bond acceptors (Lipinski definition) is 3. The van der Waals surface area contributed by atoms with E-state index in [-0.39, 0.29) is 23.5 Å². The van der Waals surface area contributed by atoms with Gasteiger partial charge >= 0.3 is 0 Å². The zero-order valence-electron chi connectivity index (χ0n) is 9.12. The van der Waals surface area contributed by atoms with Gasteiger partial charge in [-0.05, 0) is 18.1 Å². The van der Waals surface area contributed by atoms with Gasteiger partial charge in [0.2, 0.25) is 0 Å². The van der Waals surface area contributed by atoms with Crippen molar-refractivity contribution in [3.63, 3.8) is 0 Å². The highest BCUT2D eigenvalue weighted by Gasteiger charge is 2.10. The Bertz CT molecular complexity index is 437. The average molecular weight is 238 g/mol. The van der Waals surface area contributed by atoms with Crippen molar-refractivity contribution < 1.29 is 4.79 Å².